The number of hydrogen-bond donors (Lipinski definition) is 2. The third-order valence-electron chi connectivity index (χ3n) is 4.41. The summed E-state index contributed by atoms with van der Waals surface area (Å²) in [6, 6.07) is 0.0767. The molecule has 0 radical (unpaired) electrons. The summed E-state index contributed by atoms with van der Waals surface area (Å²) in [5.74, 6) is 2.12. The van der Waals surface area contributed by atoms with E-state index in [4.69, 9.17) is 10.9 Å². The van der Waals surface area contributed by atoms with Gasteiger partial charge in [-0.05, 0) is 38.1 Å². The molecular formula is C12H23N3O. The van der Waals surface area contributed by atoms with Crippen molar-refractivity contribution in [2.24, 2.45) is 22.7 Å². The van der Waals surface area contributed by atoms with Crippen LogP contribution in [0.4, 0.5) is 0 Å². The van der Waals surface area contributed by atoms with Gasteiger partial charge >= 0.3 is 0 Å². The van der Waals surface area contributed by atoms with E-state index < -0.39 is 0 Å². The second kappa shape index (κ2) is 5.04. The predicted octanol–water partition coefficient (Wildman–Crippen LogP) is 1.63. The summed E-state index contributed by atoms with van der Waals surface area (Å²) in [7, 11) is 0. The van der Waals surface area contributed by atoms with E-state index in [-0.39, 0.29) is 6.04 Å². The monoisotopic (exact) mass is 225 g/mol. The van der Waals surface area contributed by atoms with Gasteiger partial charge in [-0.1, -0.05) is 24.4 Å². The number of piperidine rings is 1. The Morgan fingerprint density at radius 3 is 2.69 bits per heavy atom. The topological polar surface area (TPSA) is 61.9 Å². The average molecular weight is 225 g/mol. The van der Waals surface area contributed by atoms with Crippen molar-refractivity contribution in [3.05, 3.63) is 0 Å². The molecule has 2 rings (SSSR count). The standard InChI is InChI=1S/C12H23N3O/c1-9(12(13)14-16)15-7-6-10-4-2-3-5-11(10)8-15/h9-11,16H,2-8H2,1H3,(H2,13,14). The fourth-order valence-electron chi connectivity index (χ4n) is 3.25. The Hall–Kier alpha value is -0.770. The van der Waals surface area contributed by atoms with Crippen LogP contribution in [0.2, 0.25) is 0 Å². The highest BCUT2D eigenvalue weighted by Gasteiger charge is 2.33. The van der Waals surface area contributed by atoms with Crippen LogP contribution in [-0.2, 0) is 0 Å². The van der Waals surface area contributed by atoms with Crippen molar-refractivity contribution in [3.8, 4) is 0 Å². The van der Waals surface area contributed by atoms with Crippen molar-refractivity contribution < 1.29 is 5.21 Å². The maximum atomic E-state index is 8.70. The lowest BCUT2D eigenvalue weighted by atomic mass is 9.75. The molecule has 1 aliphatic heterocycles. The minimum Gasteiger partial charge on any atom is -0.409 e. The largest absolute Gasteiger partial charge is 0.409 e. The number of rotatable bonds is 2. The summed E-state index contributed by atoms with van der Waals surface area (Å²) < 4.78 is 0. The second-order valence-corrected chi connectivity index (χ2v) is 5.29. The lowest BCUT2D eigenvalue weighted by Crippen LogP contribution is -2.50. The van der Waals surface area contributed by atoms with E-state index in [1.807, 2.05) is 6.92 Å². The quantitative estimate of drug-likeness (QED) is 0.325. The Bertz CT molecular complexity index is 267. The van der Waals surface area contributed by atoms with Crippen LogP contribution in [0.5, 0.6) is 0 Å². The van der Waals surface area contributed by atoms with E-state index in [2.05, 4.69) is 10.1 Å². The van der Waals surface area contributed by atoms with Crippen LogP contribution in [0.25, 0.3) is 0 Å². The first-order valence-corrected chi connectivity index (χ1v) is 6.44. The molecule has 0 aromatic rings. The molecule has 0 bridgehead atoms. The van der Waals surface area contributed by atoms with Crippen LogP contribution < -0.4 is 5.73 Å². The summed E-state index contributed by atoms with van der Waals surface area (Å²) in [6.45, 7) is 4.25. The van der Waals surface area contributed by atoms with Crippen molar-refractivity contribution in [3.63, 3.8) is 0 Å². The molecule has 2 fully saturated rings. The summed E-state index contributed by atoms with van der Waals surface area (Å²) in [4.78, 5) is 2.36. The minimum absolute atomic E-state index is 0.0767. The van der Waals surface area contributed by atoms with Crippen LogP contribution in [0.15, 0.2) is 5.16 Å². The number of hydrogen-bond acceptors (Lipinski definition) is 3. The van der Waals surface area contributed by atoms with Crippen molar-refractivity contribution >= 4 is 5.84 Å². The Labute approximate surface area is 97.5 Å². The van der Waals surface area contributed by atoms with Gasteiger partial charge in [0.2, 0.25) is 0 Å². The average Bonchev–Trinajstić information content (AvgIpc) is 2.36. The Balaban J connectivity index is 1.94. The van der Waals surface area contributed by atoms with Gasteiger partial charge in [0.05, 0.1) is 6.04 Å². The lowest BCUT2D eigenvalue weighted by Gasteiger charge is -2.43. The predicted molar refractivity (Wildman–Crippen MR) is 64.5 cm³/mol. The molecule has 1 saturated heterocycles. The third kappa shape index (κ3) is 2.32. The van der Waals surface area contributed by atoms with Gasteiger partial charge in [-0.3, -0.25) is 4.90 Å². The molecule has 16 heavy (non-hydrogen) atoms. The number of nitrogens with two attached hydrogens (primary N) is 1. The zero-order chi connectivity index (χ0) is 11.5. The number of fused-ring (bicyclic) bond motifs is 1. The van der Waals surface area contributed by atoms with Gasteiger partial charge in [0.1, 0.15) is 0 Å². The number of nitrogens with zero attached hydrogens (tertiary/aromatic N) is 2. The Morgan fingerprint density at radius 1 is 1.31 bits per heavy atom. The van der Waals surface area contributed by atoms with Gasteiger partial charge in [0, 0.05) is 6.54 Å². The fourth-order valence-corrected chi connectivity index (χ4v) is 3.25. The van der Waals surface area contributed by atoms with Gasteiger partial charge < -0.3 is 10.9 Å². The molecule has 0 spiro atoms. The van der Waals surface area contributed by atoms with Crippen LogP contribution in [-0.4, -0.2) is 35.1 Å². The smallest absolute Gasteiger partial charge is 0.156 e. The molecule has 0 aromatic heterocycles. The van der Waals surface area contributed by atoms with E-state index in [9.17, 15) is 0 Å². The number of likely N-dealkylation sites (tertiary alicyclic amines) is 1. The Morgan fingerprint density at radius 2 is 2.00 bits per heavy atom. The van der Waals surface area contributed by atoms with E-state index >= 15 is 0 Å². The molecule has 92 valence electrons. The summed E-state index contributed by atoms with van der Waals surface area (Å²) in [5, 5.41) is 11.8. The summed E-state index contributed by atoms with van der Waals surface area (Å²) in [6.07, 6.45) is 6.86. The van der Waals surface area contributed by atoms with Gasteiger partial charge in [-0.15, -0.1) is 0 Å². The Kier molecular flexibility index (Phi) is 3.69. The fraction of sp³-hybridized carbons (Fsp3) is 0.917. The van der Waals surface area contributed by atoms with E-state index in [1.165, 1.54) is 32.1 Å². The van der Waals surface area contributed by atoms with E-state index in [1.54, 1.807) is 0 Å². The normalized spacial score (nSPS) is 34.4. The van der Waals surface area contributed by atoms with Crippen LogP contribution >= 0.6 is 0 Å². The third-order valence-corrected chi connectivity index (χ3v) is 4.41. The first kappa shape index (κ1) is 11.7. The molecule has 3 unspecified atom stereocenters. The van der Waals surface area contributed by atoms with Crippen LogP contribution in [0, 0.1) is 11.8 Å². The number of amidine groups is 1. The van der Waals surface area contributed by atoms with Gasteiger partial charge in [-0.25, -0.2) is 0 Å². The van der Waals surface area contributed by atoms with Crippen LogP contribution in [0.3, 0.4) is 0 Å². The SMILES string of the molecule is CC(C(N)=NO)N1CCC2CCCCC2C1. The van der Waals surface area contributed by atoms with Crippen LogP contribution in [0.1, 0.15) is 39.0 Å². The van der Waals surface area contributed by atoms with E-state index in [0.717, 1.165) is 24.9 Å². The zero-order valence-electron chi connectivity index (χ0n) is 10.1. The molecule has 0 aromatic carbocycles. The molecule has 3 atom stereocenters. The molecule has 1 aliphatic carbocycles. The van der Waals surface area contributed by atoms with Crippen molar-refractivity contribution in [2.45, 2.75) is 45.1 Å². The molecule has 1 saturated carbocycles. The molecule has 3 N–H and O–H groups in total. The van der Waals surface area contributed by atoms with Gasteiger partial charge in [0.25, 0.3) is 0 Å². The van der Waals surface area contributed by atoms with Crippen molar-refractivity contribution in [2.75, 3.05) is 13.1 Å². The summed E-state index contributed by atoms with van der Waals surface area (Å²) in [5.41, 5.74) is 5.67. The molecule has 4 nitrogen and oxygen atoms in total. The molecule has 1 heterocycles. The van der Waals surface area contributed by atoms with Crippen molar-refractivity contribution in [1.82, 2.24) is 4.90 Å². The van der Waals surface area contributed by atoms with Crippen molar-refractivity contribution in [1.29, 1.82) is 0 Å². The highest BCUT2D eigenvalue weighted by molar-refractivity contribution is 5.84. The lowest BCUT2D eigenvalue weighted by molar-refractivity contribution is 0.0773. The number of oxime groups is 1. The van der Waals surface area contributed by atoms with Gasteiger partial charge in [0.15, 0.2) is 5.84 Å². The highest BCUT2D eigenvalue weighted by atomic mass is 16.4. The molecule has 2 aliphatic rings. The molecular weight excluding hydrogens is 202 g/mol. The maximum absolute atomic E-state index is 8.70. The van der Waals surface area contributed by atoms with E-state index in [0.29, 0.717) is 5.84 Å². The first-order valence-electron chi connectivity index (χ1n) is 6.44. The summed E-state index contributed by atoms with van der Waals surface area (Å²) >= 11 is 0. The highest BCUT2D eigenvalue weighted by Crippen LogP contribution is 2.36. The maximum Gasteiger partial charge on any atom is 0.156 e. The minimum atomic E-state index is 0.0767. The van der Waals surface area contributed by atoms with Gasteiger partial charge in [-0.2, -0.15) is 0 Å². The molecule has 4 heteroatoms. The zero-order valence-corrected chi connectivity index (χ0v) is 10.1. The second-order valence-electron chi connectivity index (χ2n) is 5.29. The molecule has 0 amide bonds. The first-order chi connectivity index (χ1) is 7.72.